The Morgan fingerprint density at radius 1 is 0.906 bits per heavy atom. The molecule has 2 aliphatic rings. The van der Waals surface area contributed by atoms with E-state index in [1.807, 2.05) is 77.2 Å². The van der Waals surface area contributed by atoms with Gasteiger partial charge in [0.2, 0.25) is 0 Å². The van der Waals surface area contributed by atoms with Crippen LogP contribution in [0.5, 0.6) is 0 Å². The van der Waals surface area contributed by atoms with E-state index in [1.165, 1.54) is 21.8 Å². The van der Waals surface area contributed by atoms with Gasteiger partial charge < -0.3 is 30.1 Å². The predicted molar refractivity (Wildman–Crippen MR) is 197 cm³/mol. The average molecular weight is 722 g/mol. The second-order valence-electron chi connectivity index (χ2n) is 13.7. The summed E-state index contributed by atoms with van der Waals surface area (Å²) < 4.78 is 9.96. The maximum atomic E-state index is 13.8. The number of hydrogen-bond acceptors (Lipinski definition) is 9. The Bertz CT molecular complexity index is 2040. The third-order valence-electron chi connectivity index (χ3n) is 8.72. The van der Waals surface area contributed by atoms with Crippen molar-refractivity contribution in [2.45, 2.75) is 46.4 Å². The van der Waals surface area contributed by atoms with Crippen LogP contribution in [-0.4, -0.2) is 94.5 Å². The molecule has 0 bridgehead atoms. The van der Waals surface area contributed by atoms with E-state index in [0.29, 0.717) is 44.8 Å². The van der Waals surface area contributed by atoms with E-state index < -0.39 is 5.60 Å². The number of urea groups is 1. The van der Waals surface area contributed by atoms with Crippen LogP contribution in [0, 0.1) is 6.92 Å². The third-order valence-corrected chi connectivity index (χ3v) is 8.72. The molecule has 1 fully saturated rings. The van der Waals surface area contributed by atoms with Gasteiger partial charge in [0, 0.05) is 75.7 Å². The third kappa shape index (κ3) is 8.54. The molecule has 2 aromatic carbocycles. The number of piperazine rings is 1. The zero-order valence-electron chi connectivity index (χ0n) is 30.4. The number of hydrogen-bond donors (Lipinski definition) is 2. The number of benzene rings is 2. The molecule has 0 saturated carbocycles. The average Bonchev–Trinajstić information content (AvgIpc) is 3.93. The highest BCUT2D eigenvalue weighted by Crippen LogP contribution is 2.36. The Hall–Kier alpha value is -6.45. The van der Waals surface area contributed by atoms with Crippen molar-refractivity contribution >= 4 is 41.3 Å². The van der Waals surface area contributed by atoms with Crippen molar-refractivity contribution in [3.63, 3.8) is 0 Å². The largest absolute Gasteiger partial charge is 0.444 e. The Morgan fingerprint density at radius 2 is 1.57 bits per heavy atom. The molecule has 2 aliphatic heterocycles. The Morgan fingerprint density at radius 3 is 2.19 bits per heavy atom. The molecule has 0 radical (unpaired) electrons. The molecule has 0 atom stereocenters. The molecule has 3 aromatic heterocycles. The molecule has 53 heavy (non-hydrogen) atoms. The molecular formula is C37H43N11O5. The van der Waals surface area contributed by atoms with Gasteiger partial charge in [-0.15, -0.1) is 0 Å². The van der Waals surface area contributed by atoms with Crippen molar-refractivity contribution in [3.8, 4) is 0 Å². The quantitative estimate of drug-likeness (QED) is 0.261. The number of ether oxygens (including phenoxy) is 1. The number of carbonyl (C=O) groups excluding carboxylic acids is 4. The van der Waals surface area contributed by atoms with Gasteiger partial charge in [0.05, 0.1) is 24.1 Å². The molecule has 0 aliphatic carbocycles. The molecule has 5 heterocycles. The maximum absolute atomic E-state index is 13.8. The van der Waals surface area contributed by atoms with Gasteiger partial charge in [-0.2, -0.15) is 5.10 Å². The van der Waals surface area contributed by atoms with E-state index in [2.05, 4.69) is 25.7 Å². The smallest absolute Gasteiger partial charge is 0.410 e. The first-order valence-electron chi connectivity index (χ1n) is 17.2. The summed E-state index contributed by atoms with van der Waals surface area (Å²) in [7, 11) is 1.87. The van der Waals surface area contributed by atoms with E-state index in [-0.39, 0.29) is 24.1 Å². The zero-order valence-corrected chi connectivity index (χ0v) is 30.4. The number of amides is 4. The van der Waals surface area contributed by atoms with Crippen LogP contribution in [-0.2, 0) is 24.9 Å². The summed E-state index contributed by atoms with van der Waals surface area (Å²) in [5.41, 5.74) is 4.42. The van der Waals surface area contributed by atoms with Gasteiger partial charge in [-0.05, 0) is 63.1 Å². The molecule has 7 rings (SSSR count). The molecule has 4 amide bonds. The van der Waals surface area contributed by atoms with E-state index >= 15 is 0 Å². The highest BCUT2D eigenvalue weighted by molar-refractivity contribution is 6.08. The number of rotatable bonds is 3. The van der Waals surface area contributed by atoms with Crippen LogP contribution in [0.3, 0.4) is 0 Å². The van der Waals surface area contributed by atoms with Crippen LogP contribution < -0.4 is 15.5 Å². The lowest BCUT2D eigenvalue weighted by molar-refractivity contribution is 0.0170. The molecule has 0 spiro atoms. The molecule has 276 valence electrons. The normalized spacial score (nSPS) is 13.8. The molecule has 1 saturated heterocycles. The minimum absolute atomic E-state index is 0.113. The highest BCUT2D eigenvalue weighted by atomic mass is 16.6. The van der Waals surface area contributed by atoms with Crippen LogP contribution >= 0.6 is 0 Å². The van der Waals surface area contributed by atoms with Crippen LogP contribution in [0.4, 0.5) is 31.6 Å². The minimum atomic E-state index is -0.554. The summed E-state index contributed by atoms with van der Waals surface area (Å²) >= 11 is 0. The number of para-hydroxylation sites is 2. The standard InChI is InChI=1S/C30H37N7O4.C7H6N4O/c1-20-16-21(27(38)37-19-23-18-32-34(5)26(23)33-24-8-6-7-9-25(24)37)10-11-22(20)17-31-28(39)35-12-14-36(15-13-35)29(40)41-30(2,3)4;12-7(10-3-1-8-5-10)11-4-2-9-6-11/h6-11,16,18,33H,12-15,17,19H2,1-5H3,(H,31,39);1-6H. The Balaban J connectivity index is 0.000000337. The van der Waals surface area contributed by atoms with Crippen LogP contribution in [0.15, 0.2) is 86.1 Å². The summed E-state index contributed by atoms with van der Waals surface area (Å²) in [6, 6.07) is 12.9. The number of nitrogens with one attached hydrogen (secondary N) is 2. The lowest BCUT2D eigenvalue weighted by Gasteiger charge is -2.35. The van der Waals surface area contributed by atoms with Crippen molar-refractivity contribution in [2.24, 2.45) is 7.05 Å². The lowest BCUT2D eigenvalue weighted by atomic mass is 10.0. The van der Waals surface area contributed by atoms with E-state index in [0.717, 1.165) is 33.9 Å². The molecule has 0 unspecified atom stereocenters. The van der Waals surface area contributed by atoms with Crippen molar-refractivity contribution < 1.29 is 23.9 Å². The lowest BCUT2D eigenvalue weighted by Crippen LogP contribution is -2.53. The van der Waals surface area contributed by atoms with Crippen molar-refractivity contribution in [1.82, 2.24) is 44.0 Å². The first kappa shape index (κ1) is 36.3. The highest BCUT2D eigenvalue weighted by Gasteiger charge is 2.29. The Labute approximate surface area is 307 Å². The van der Waals surface area contributed by atoms with E-state index in [4.69, 9.17) is 4.74 Å². The SMILES string of the molecule is Cc1cc(C(=O)N2Cc3cnn(C)c3Nc3ccccc32)ccc1CNC(=O)N1CCN(C(=O)OC(C)(C)C)CC1.O=C(n1ccnc1)n1ccnc1. The topological polar surface area (TPSA) is 165 Å². The van der Waals surface area contributed by atoms with Gasteiger partial charge in [0.25, 0.3) is 5.91 Å². The van der Waals surface area contributed by atoms with Crippen molar-refractivity contribution in [2.75, 3.05) is 36.4 Å². The van der Waals surface area contributed by atoms with Gasteiger partial charge in [0.1, 0.15) is 24.1 Å². The Kier molecular flexibility index (Phi) is 10.6. The molecule has 16 heteroatoms. The number of nitrogens with zero attached hydrogens (tertiary/aromatic N) is 9. The fourth-order valence-electron chi connectivity index (χ4n) is 5.90. The van der Waals surface area contributed by atoms with Crippen LogP contribution in [0.1, 0.15) is 47.8 Å². The number of aryl methyl sites for hydroxylation is 2. The fraction of sp³-hybridized carbons (Fsp3) is 0.324. The predicted octanol–water partition coefficient (Wildman–Crippen LogP) is 4.99. The van der Waals surface area contributed by atoms with Gasteiger partial charge in [-0.25, -0.2) is 24.4 Å². The number of anilines is 3. The molecule has 16 nitrogen and oxygen atoms in total. The first-order chi connectivity index (χ1) is 25.4. The number of imidazole rings is 2. The van der Waals surface area contributed by atoms with Gasteiger partial charge in [0.15, 0.2) is 0 Å². The summed E-state index contributed by atoms with van der Waals surface area (Å²) in [6.45, 7) is 9.89. The minimum Gasteiger partial charge on any atom is -0.444 e. The summed E-state index contributed by atoms with van der Waals surface area (Å²) in [5.74, 6) is 0.749. The molecular weight excluding hydrogens is 678 g/mol. The number of aromatic nitrogens is 6. The van der Waals surface area contributed by atoms with Crippen molar-refractivity contribution in [3.05, 3.63) is 108 Å². The molecule has 2 N–H and O–H groups in total. The van der Waals surface area contributed by atoms with Gasteiger partial charge in [-0.1, -0.05) is 18.2 Å². The van der Waals surface area contributed by atoms with Gasteiger partial charge >= 0.3 is 18.2 Å². The fourth-order valence-corrected chi connectivity index (χ4v) is 5.90. The monoisotopic (exact) mass is 721 g/mol. The number of fused-ring (bicyclic) bond motifs is 2. The summed E-state index contributed by atoms with van der Waals surface area (Å²) in [4.78, 5) is 62.9. The summed E-state index contributed by atoms with van der Waals surface area (Å²) in [6.07, 6.45) is 10.6. The second kappa shape index (κ2) is 15.4. The van der Waals surface area contributed by atoms with E-state index in [9.17, 15) is 19.2 Å². The van der Waals surface area contributed by atoms with Crippen LogP contribution in [0.25, 0.3) is 0 Å². The van der Waals surface area contributed by atoms with E-state index in [1.54, 1.807) is 50.4 Å². The number of carbonyl (C=O) groups is 4. The summed E-state index contributed by atoms with van der Waals surface area (Å²) in [5, 5.41) is 10.7. The van der Waals surface area contributed by atoms with Crippen LogP contribution in [0.2, 0.25) is 0 Å². The first-order valence-corrected chi connectivity index (χ1v) is 17.2. The second-order valence-corrected chi connectivity index (χ2v) is 13.7. The zero-order chi connectivity index (χ0) is 37.7. The van der Waals surface area contributed by atoms with Crippen molar-refractivity contribution in [1.29, 1.82) is 0 Å². The van der Waals surface area contributed by atoms with Gasteiger partial charge in [-0.3, -0.25) is 18.6 Å². The maximum Gasteiger partial charge on any atom is 0.410 e. The molecule has 5 aromatic rings.